The molecule has 0 bridgehead atoms. The lowest BCUT2D eigenvalue weighted by molar-refractivity contribution is -0.384. The Morgan fingerprint density at radius 2 is 1.66 bits per heavy atom. The van der Waals surface area contributed by atoms with Gasteiger partial charge in [-0.2, -0.15) is 4.98 Å². The monoisotopic (exact) mass is 466 g/mol. The van der Waals surface area contributed by atoms with Gasteiger partial charge in [-0.05, 0) is 11.5 Å². The lowest BCUT2D eigenvalue weighted by Gasteiger charge is -2.12. The van der Waals surface area contributed by atoms with E-state index in [9.17, 15) is 19.7 Å². The number of aryl methyl sites for hydroxylation is 1. The molecule has 0 aliphatic rings. The summed E-state index contributed by atoms with van der Waals surface area (Å²) in [7, 11) is 2.99. The number of hydrogen-bond acceptors (Lipinski definition) is 5. The first-order chi connectivity index (χ1) is 16.9. The Balaban J connectivity index is 1.82. The molecule has 0 spiro atoms. The summed E-state index contributed by atoms with van der Waals surface area (Å²) in [6.45, 7) is 0. The summed E-state index contributed by atoms with van der Waals surface area (Å²) in [6, 6.07) is 20.0. The highest BCUT2D eigenvalue weighted by Gasteiger charge is 2.23. The van der Waals surface area contributed by atoms with Gasteiger partial charge in [0.2, 0.25) is 5.78 Å². The highest BCUT2D eigenvalue weighted by atomic mass is 16.6. The Kier molecular flexibility index (Phi) is 4.27. The van der Waals surface area contributed by atoms with E-state index in [-0.39, 0.29) is 16.9 Å². The standard InChI is InChI=1S/C25H18N6O4/c1-27-22-21(23(32)28(2)25(27)33)29-14-20(16-9-5-10-17(13-16)31(34)35)30(24(29)26-22)19-12-6-8-15-7-3-4-11-18(15)19/h3-14H,1-2H3. The Morgan fingerprint density at radius 3 is 2.46 bits per heavy atom. The third-order valence-corrected chi connectivity index (χ3v) is 6.33. The van der Waals surface area contributed by atoms with Crippen LogP contribution in [0.2, 0.25) is 0 Å². The zero-order valence-corrected chi connectivity index (χ0v) is 18.7. The van der Waals surface area contributed by atoms with E-state index in [0.29, 0.717) is 17.0 Å². The summed E-state index contributed by atoms with van der Waals surface area (Å²) in [5, 5.41) is 13.4. The highest BCUT2D eigenvalue weighted by Crippen LogP contribution is 2.33. The number of nitro groups is 1. The second-order valence-corrected chi connectivity index (χ2v) is 8.32. The average Bonchev–Trinajstić information content (AvgIpc) is 3.42. The molecule has 0 unspecified atom stereocenters. The van der Waals surface area contributed by atoms with E-state index in [4.69, 9.17) is 4.98 Å². The van der Waals surface area contributed by atoms with Gasteiger partial charge in [-0.25, -0.2) is 4.79 Å². The van der Waals surface area contributed by atoms with Crippen LogP contribution in [-0.2, 0) is 14.1 Å². The van der Waals surface area contributed by atoms with Crippen LogP contribution in [0.3, 0.4) is 0 Å². The van der Waals surface area contributed by atoms with Crippen molar-refractivity contribution < 1.29 is 4.92 Å². The van der Waals surface area contributed by atoms with Crippen LogP contribution in [0.1, 0.15) is 0 Å². The van der Waals surface area contributed by atoms with Crippen LogP contribution in [0.15, 0.2) is 82.5 Å². The molecule has 3 heterocycles. The third kappa shape index (κ3) is 2.86. The SMILES string of the molecule is Cn1c(=O)c2c(nc3n(-c4cccc5ccccc45)c(-c4cccc([N+](=O)[O-])c4)cn23)n(C)c1=O. The maximum Gasteiger partial charge on any atom is 0.332 e. The van der Waals surface area contributed by atoms with Crippen LogP contribution < -0.4 is 11.2 Å². The molecule has 0 fully saturated rings. The summed E-state index contributed by atoms with van der Waals surface area (Å²) >= 11 is 0. The van der Waals surface area contributed by atoms with E-state index >= 15 is 0 Å². The van der Waals surface area contributed by atoms with Crippen molar-refractivity contribution in [3.05, 3.63) is 104 Å². The number of aromatic nitrogens is 5. The number of nitro benzene ring substituents is 1. The molecular formula is C25H18N6O4. The average molecular weight is 466 g/mol. The zero-order chi connectivity index (χ0) is 24.4. The molecule has 0 amide bonds. The first-order valence-corrected chi connectivity index (χ1v) is 10.8. The smallest absolute Gasteiger partial charge is 0.279 e. The maximum atomic E-state index is 13.1. The van der Waals surface area contributed by atoms with Crippen molar-refractivity contribution >= 4 is 33.4 Å². The number of imidazole rings is 2. The van der Waals surface area contributed by atoms with Crippen LogP contribution in [0.5, 0.6) is 0 Å². The molecule has 3 aromatic carbocycles. The van der Waals surface area contributed by atoms with Gasteiger partial charge in [-0.15, -0.1) is 0 Å². The van der Waals surface area contributed by atoms with Gasteiger partial charge < -0.3 is 0 Å². The van der Waals surface area contributed by atoms with E-state index in [1.54, 1.807) is 29.8 Å². The predicted octanol–water partition coefficient (Wildman–Crippen LogP) is 3.40. The molecule has 0 aliphatic carbocycles. The number of nitrogens with zero attached hydrogens (tertiary/aromatic N) is 6. The van der Waals surface area contributed by atoms with E-state index < -0.39 is 16.2 Å². The minimum atomic E-state index is -0.476. The van der Waals surface area contributed by atoms with Crippen molar-refractivity contribution in [1.29, 1.82) is 0 Å². The van der Waals surface area contributed by atoms with E-state index in [2.05, 4.69) is 0 Å². The summed E-state index contributed by atoms with van der Waals surface area (Å²) in [5.41, 5.74) is 1.50. The summed E-state index contributed by atoms with van der Waals surface area (Å²) in [4.78, 5) is 41.4. The van der Waals surface area contributed by atoms with E-state index in [0.717, 1.165) is 21.0 Å². The van der Waals surface area contributed by atoms with Gasteiger partial charge in [0, 0.05) is 43.4 Å². The minimum absolute atomic E-state index is 0.0472. The van der Waals surface area contributed by atoms with Gasteiger partial charge in [-0.3, -0.25) is 33.0 Å². The zero-order valence-electron chi connectivity index (χ0n) is 18.7. The van der Waals surface area contributed by atoms with Crippen molar-refractivity contribution in [3.8, 4) is 16.9 Å². The predicted molar refractivity (Wildman–Crippen MR) is 132 cm³/mol. The van der Waals surface area contributed by atoms with Gasteiger partial charge in [0.05, 0.1) is 16.3 Å². The number of fused-ring (bicyclic) bond motifs is 4. The quantitative estimate of drug-likeness (QED) is 0.293. The van der Waals surface area contributed by atoms with Crippen molar-refractivity contribution in [3.63, 3.8) is 0 Å². The Hall–Kier alpha value is -4.99. The molecule has 6 aromatic rings. The Labute approximate surface area is 196 Å². The fourth-order valence-corrected chi connectivity index (χ4v) is 4.59. The molecule has 35 heavy (non-hydrogen) atoms. The van der Waals surface area contributed by atoms with Crippen molar-refractivity contribution in [2.45, 2.75) is 0 Å². The first-order valence-electron chi connectivity index (χ1n) is 10.8. The second-order valence-electron chi connectivity index (χ2n) is 8.32. The Morgan fingerprint density at radius 1 is 0.914 bits per heavy atom. The second kappa shape index (κ2) is 7.26. The van der Waals surface area contributed by atoms with Crippen molar-refractivity contribution in [2.24, 2.45) is 14.1 Å². The normalized spacial score (nSPS) is 11.6. The molecule has 0 radical (unpaired) electrons. The highest BCUT2D eigenvalue weighted by molar-refractivity contribution is 5.92. The molecular weight excluding hydrogens is 448 g/mol. The molecule has 0 N–H and O–H groups in total. The van der Waals surface area contributed by atoms with Crippen LogP contribution in [0, 0.1) is 10.1 Å². The van der Waals surface area contributed by atoms with Gasteiger partial charge in [0.1, 0.15) is 0 Å². The fourth-order valence-electron chi connectivity index (χ4n) is 4.59. The van der Waals surface area contributed by atoms with Gasteiger partial charge in [0.15, 0.2) is 11.2 Å². The van der Waals surface area contributed by atoms with Crippen LogP contribution in [0.25, 0.3) is 44.7 Å². The summed E-state index contributed by atoms with van der Waals surface area (Å²) < 4.78 is 5.89. The van der Waals surface area contributed by atoms with Crippen LogP contribution in [0.4, 0.5) is 5.69 Å². The molecule has 0 atom stereocenters. The summed E-state index contributed by atoms with van der Waals surface area (Å²) in [5.74, 6) is 0.413. The molecule has 0 saturated heterocycles. The fraction of sp³-hybridized carbons (Fsp3) is 0.0800. The molecule has 10 nitrogen and oxygen atoms in total. The lowest BCUT2D eigenvalue weighted by Crippen LogP contribution is -2.37. The van der Waals surface area contributed by atoms with E-state index in [1.807, 2.05) is 47.0 Å². The van der Waals surface area contributed by atoms with Crippen molar-refractivity contribution in [2.75, 3.05) is 0 Å². The Bertz CT molecular complexity index is 1950. The minimum Gasteiger partial charge on any atom is -0.279 e. The van der Waals surface area contributed by atoms with Gasteiger partial charge in [-0.1, -0.05) is 48.5 Å². The van der Waals surface area contributed by atoms with E-state index in [1.165, 1.54) is 23.7 Å². The molecule has 172 valence electrons. The lowest BCUT2D eigenvalue weighted by atomic mass is 10.1. The van der Waals surface area contributed by atoms with Crippen molar-refractivity contribution in [1.82, 2.24) is 23.1 Å². The molecule has 10 heteroatoms. The third-order valence-electron chi connectivity index (χ3n) is 6.33. The number of non-ortho nitro benzene ring substituents is 1. The van der Waals surface area contributed by atoms with Crippen LogP contribution in [-0.4, -0.2) is 28.0 Å². The molecule has 0 saturated carbocycles. The number of rotatable bonds is 3. The number of hydrogen-bond donors (Lipinski definition) is 0. The molecule has 3 aromatic heterocycles. The summed E-state index contributed by atoms with van der Waals surface area (Å²) in [6.07, 6.45) is 1.73. The maximum absolute atomic E-state index is 13.1. The van der Waals surface area contributed by atoms with Crippen LogP contribution >= 0.6 is 0 Å². The molecule has 0 aliphatic heterocycles. The van der Waals surface area contributed by atoms with Gasteiger partial charge >= 0.3 is 5.69 Å². The largest absolute Gasteiger partial charge is 0.332 e. The molecule has 6 rings (SSSR count). The topological polar surface area (TPSA) is 109 Å². The van der Waals surface area contributed by atoms with Gasteiger partial charge in [0.25, 0.3) is 11.2 Å². The first kappa shape index (κ1) is 20.6. The number of benzene rings is 3.